The fourth-order valence-electron chi connectivity index (χ4n) is 0.362. The van der Waals surface area contributed by atoms with Gasteiger partial charge >= 0.3 is 16.2 Å². The molecule has 0 rings (SSSR count). The summed E-state index contributed by atoms with van der Waals surface area (Å²) in [4.78, 5) is 7.96. The highest BCUT2D eigenvalue weighted by Gasteiger charge is 2.31. The molecular formula is C4H3F3O4S. The predicted molar refractivity (Wildman–Crippen MR) is 31.3 cm³/mol. The molecule has 0 aromatic rings. The number of rotatable bonds is 2. The Balaban J connectivity index is 5.28. The Kier molecular flexibility index (Phi) is 3.25. The molecule has 70 valence electrons. The van der Waals surface area contributed by atoms with Gasteiger partial charge in [-0.15, -0.1) is 0 Å². The summed E-state index contributed by atoms with van der Waals surface area (Å²) in [7, 11) is -5.07. The minimum absolute atomic E-state index is 0.649. The minimum Gasteiger partial charge on any atom is -0.465 e. The molecule has 0 atom stereocenters. The maximum absolute atomic E-state index is 11.9. The van der Waals surface area contributed by atoms with Crippen molar-refractivity contribution in [3.8, 4) is 0 Å². The number of ether oxygens (including phenoxy) is 1. The van der Waals surface area contributed by atoms with E-state index in [-0.39, 0.29) is 0 Å². The summed E-state index contributed by atoms with van der Waals surface area (Å²) in [5, 5.41) is 0. The van der Waals surface area contributed by atoms with Crippen LogP contribution in [-0.2, 0) is 19.8 Å². The van der Waals surface area contributed by atoms with E-state index in [4.69, 9.17) is 0 Å². The molecule has 0 saturated heterocycles. The van der Waals surface area contributed by atoms with E-state index in [1.807, 2.05) is 0 Å². The molecule has 0 N–H and O–H groups in total. The summed E-state index contributed by atoms with van der Waals surface area (Å²) in [6.45, 7) is 0. The zero-order valence-corrected chi connectivity index (χ0v) is 6.49. The molecule has 0 heterocycles. The van der Waals surface area contributed by atoms with Gasteiger partial charge in [0.15, 0.2) is 0 Å². The standard InChI is InChI=1S/C4H3F3O4S/c1-11-4(8)2(3(5)6)12(7,9)10/h1H3. The number of halogens is 3. The maximum Gasteiger partial charge on any atom is 0.357 e. The Bertz CT molecular complexity index is 313. The quantitative estimate of drug-likeness (QED) is 0.374. The summed E-state index contributed by atoms with van der Waals surface area (Å²) in [5.74, 6) is -1.93. The van der Waals surface area contributed by atoms with Gasteiger partial charge in [-0.1, -0.05) is 3.89 Å². The molecular weight excluding hydrogens is 201 g/mol. The van der Waals surface area contributed by atoms with Crippen molar-refractivity contribution in [3.05, 3.63) is 11.0 Å². The third kappa shape index (κ3) is 2.53. The molecule has 4 nitrogen and oxygen atoms in total. The molecule has 0 fully saturated rings. The molecule has 8 heteroatoms. The highest BCUT2D eigenvalue weighted by Crippen LogP contribution is 2.17. The number of carbonyl (C=O) groups excluding carboxylic acids is 1. The number of carbonyl (C=O) groups is 1. The van der Waals surface area contributed by atoms with Crippen LogP contribution < -0.4 is 0 Å². The average Bonchev–Trinajstić information content (AvgIpc) is 1.83. The first-order chi connectivity index (χ1) is 5.30. The molecule has 0 spiro atoms. The predicted octanol–water partition coefficient (Wildman–Crippen LogP) is 0.567. The molecule has 0 amide bonds. The van der Waals surface area contributed by atoms with Crippen LogP contribution in [0, 0.1) is 0 Å². The first-order valence-corrected chi connectivity index (χ1v) is 3.77. The van der Waals surface area contributed by atoms with Crippen molar-refractivity contribution in [2.24, 2.45) is 0 Å². The lowest BCUT2D eigenvalue weighted by atomic mass is 10.6. The second-order valence-electron chi connectivity index (χ2n) is 1.52. The minimum atomic E-state index is -5.72. The van der Waals surface area contributed by atoms with Gasteiger partial charge in [-0.3, -0.25) is 0 Å². The summed E-state index contributed by atoms with van der Waals surface area (Å²) in [5.41, 5.74) is 0. The van der Waals surface area contributed by atoms with Gasteiger partial charge in [0, 0.05) is 0 Å². The second-order valence-corrected chi connectivity index (χ2v) is 2.80. The highest BCUT2D eigenvalue weighted by molar-refractivity contribution is 7.91. The first-order valence-electron chi connectivity index (χ1n) is 2.39. The van der Waals surface area contributed by atoms with Gasteiger partial charge in [-0.2, -0.15) is 17.2 Å². The van der Waals surface area contributed by atoms with E-state index in [9.17, 15) is 25.9 Å². The topological polar surface area (TPSA) is 60.4 Å². The first kappa shape index (κ1) is 11.0. The second kappa shape index (κ2) is 3.57. The van der Waals surface area contributed by atoms with E-state index < -0.39 is 27.2 Å². The SMILES string of the molecule is COC(=O)C(=C(F)F)S(=O)(=O)F. The Morgan fingerprint density at radius 3 is 1.83 bits per heavy atom. The number of methoxy groups -OCH3 is 1. The highest BCUT2D eigenvalue weighted by atomic mass is 32.3. The van der Waals surface area contributed by atoms with E-state index >= 15 is 0 Å². The van der Waals surface area contributed by atoms with E-state index in [0.29, 0.717) is 7.11 Å². The van der Waals surface area contributed by atoms with Crippen LogP contribution >= 0.6 is 0 Å². The molecule has 0 aromatic heterocycles. The third-order valence-electron chi connectivity index (χ3n) is 0.786. The van der Waals surface area contributed by atoms with Gasteiger partial charge in [0.05, 0.1) is 7.11 Å². The molecule has 0 aliphatic carbocycles. The zero-order valence-electron chi connectivity index (χ0n) is 5.68. The van der Waals surface area contributed by atoms with Crippen LogP contribution in [0.15, 0.2) is 11.0 Å². The van der Waals surface area contributed by atoms with Crippen molar-refractivity contribution in [1.82, 2.24) is 0 Å². The van der Waals surface area contributed by atoms with Crippen molar-refractivity contribution < 1.29 is 30.6 Å². The van der Waals surface area contributed by atoms with Gasteiger partial charge in [-0.25, -0.2) is 4.79 Å². The Labute approximate surface area is 65.8 Å². The average molecular weight is 204 g/mol. The summed E-state index contributed by atoms with van der Waals surface area (Å²) in [6, 6.07) is 0. The fraction of sp³-hybridized carbons (Fsp3) is 0.250. The Hall–Kier alpha value is -1.05. The van der Waals surface area contributed by atoms with E-state index in [1.54, 1.807) is 0 Å². The smallest absolute Gasteiger partial charge is 0.357 e. The van der Waals surface area contributed by atoms with Gasteiger partial charge in [0.25, 0.3) is 6.08 Å². The van der Waals surface area contributed by atoms with Gasteiger partial charge in [0.1, 0.15) is 0 Å². The zero-order chi connectivity index (χ0) is 9.94. The lowest BCUT2D eigenvalue weighted by Crippen LogP contribution is -2.12. The number of hydrogen-bond donors (Lipinski definition) is 0. The molecule has 0 aliphatic rings. The molecule has 0 bridgehead atoms. The fourth-order valence-corrected chi connectivity index (χ4v) is 0.828. The Morgan fingerprint density at radius 2 is 1.75 bits per heavy atom. The lowest BCUT2D eigenvalue weighted by molar-refractivity contribution is -0.135. The van der Waals surface area contributed by atoms with Crippen molar-refractivity contribution in [3.63, 3.8) is 0 Å². The monoisotopic (exact) mass is 204 g/mol. The molecule has 0 radical (unpaired) electrons. The summed E-state index contributed by atoms with van der Waals surface area (Å²) in [6.07, 6.45) is -2.94. The molecule has 0 aliphatic heterocycles. The van der Waals surface area contributed by atoms with E-state index in [0.717, 1.165) is 0 Å². The van der Waals surface area contributed by atoms with Crippen LogP contribution in [0.3, 0.4) is 0 Å². The van der Waals surface area contributed by atoms with Gasteiger partial charge < -0.3 is 4.74 Å². The van der Waals surface area contributed by atoms with Crippen molar-refractivity contribution >= 4 is 16.2 Å². The van der Waals surface area contributed by atoms with Crippen molar-refractivity contribution in [2.75, 3.05) is 7.11 Å². The normalized spacial score (nSPS) is 10.7. The van der Waals surface area contributed by atoms with Crippen LogP contribution in [-0.4, -0.2) is 21.5 Å². The Morgan fingerprint density at radius 1 is 1.33 bits per heavy atom. The maximum atomic E-state index is 11.9. The van der Waals surface area contributed by atoms with E-state index in [2.05, 4.69) is 4.74 Å². The third-order valence-corrected chi connectivity index (χ3v) is 1.59. The van der Waals surface area contributed by atoms with Crippen LogP contribution in [0.2, 0.25) is 0 Å². The molecule has 0 unspecified atom stereocenters. The van der Waals surface area contributed by atoms with Crippen molar-refractivity contribution in [1.29, 1.82) is 0 Å². The molecule has 12 heavy (non-hydrogen) atoms. The van der Waals surface area contributed by atoms with Crippen molar-refractivity contribution in [2.45, 2.75) is 0 Å². The largest absolute Gasteiger partial charge is 0.465 e. The van der Waals surface area contributed by atoms with Crippen LogP contribution in [0.5, 0.6) is 0 Å². The van der Waals surface area contributed by atoms with Gasteiger partial charge in [0.2, 0.25) is 4.91 Å². The van der Waals surface area contributed by atoms with E-state index in [1.165, 1.54) is 0 Å². The summed E-state index contributed by atoms with van der Waals surface area (Å²) < 4.78 is 58.4. The van der Waals surface area contributed by atoms with Gasteiger partial charge in [-0.05, 0) is 0 Å². The number of hydrogen-bond acceptors (Lipinski definition) is 4. The van der Waals surface area contributed by atoms with Crippen LogP contribution in [0.25, 0.3) is 0 Å². The molecule has 0 saturated carbocycles. The summed E-state index contributed by atoms with van der Waals surface area (Å²) >= 11 is 0. The van der Waals surface area contributed by atoms with Crippen LogP contribution in [0.1, 0.15) is 0 Å². The van der Waals surface area contributed by atoms with Crippen LogP contribution in [0.4, 0.5) is 12.7 Å². The molecule has 0 aromatic carbocycles. The number of esters is 1. The lowest BCUT2D eigenvalue weighted by Gasteiger charge is -1.96.